The Labute approximate surface area is 100 Å². The molecule has 1 heterocycles. The van der Waals surface area contributed by atoms with Gasteiger partial charge in [-0.3, -0.25) is 0 Å². The van der Waals surface area contributed by atoms with Crippen LogP contribution in [-0.4, -0.2) is 9.97 Å². The molecule has 0 saturated carbocycles. The molecule has 82 valence electrons. The second-order valence-corrected chi connectivity index (χ2v) is 4.11. The zero-order valence-corrected chi connectivity index (χ0v) is 10.0. The van der Waals surface area contributed by atoms with Crippen LogP contribution in [0.25, 0.3) is 0 Å². The maximum absolute atomic E-state index is 12.8. The van der Waals surface area contributed by atoms with E-state index < -0.39 is 5.95 Å². The summed E-state index contributed by atoms with van der Waals surface area (Å²) >= 11 is 3.35. The van der Waals surface area contributed by atoms with E-state index in [1.165, 1.54) is 0 Å². The van der Waals surface area contributed by atoms with Gasteiger partial charge < -0.3 is 4.74 Å². The monoisotopic (exact) mass is 282 g/mol. The molecule has 0 atom stereocenters. The Bertz CT molecular complexity index is 519. The molecule has 0 fully saturated rings. The summed E-state index contributed by atoms with van der Waals surface area (Å²) < 4.78 is 19.2. The highest BCUT2D eigenvalue weighted by molar-refractivity contribution is 9.10. The second kappa shape index (κ2) is 4.57. The summed E-state index contributed by atoms with van der Waals surface area (Å²) in [5, 5.41) is 0. The normalized spacial score (nSPS) is 10.2. The first kappa shape index (κ1) is 11.0. The van der Waals surface area contributed by atoms with E-state index in [0.29, 0.717) is 5.75 Å². The Hall–Kier alpha value is -1.49. The molecular formula is C11H8BrFN2O. The third-order valence-electron chi connectivity index (χ3n) is 1.96. The number of benzene rings is 1. The molecule has 0 aliphatic carbocycles. The van der Waals surface area contributed by atoms with Crippen molar-refractivity contribution in [2.75, 3.05) is 0 Å². The lowest BCUT2D eigenvalue weighted by Crippen LogP contribution is -1.92. The highest BCUT2D eigenvalue weighted by Crippen LogP contribution is 2.26. The van der Waals surface area contributed by atoms with Gasteiger partial charge in [0.25, 0.3) is 0 Å². The van der Waals surface area contributed by atoms with Crippen molar-refractivity contribution < 1.29 is 9.13 Å². The van der Waals surface area contributed by atoms with Gasteiger partial charge in [-0.25, -0.2) is 9.97 Å². The molecule has 5 heteroatoms. The average Bonchev–Trinajstić information content (AvgIpc) is 2.22. The van der Waals surface area contributed by atoms with Crippen LogP contribution in [0.5, 0.6) is 11.6 Å². The van der Waals surface area contributed by atoms with Crippen molar-refractivity contribution in [1.82, 2.24) is 9.97 Å². The van der Waals surface area contributed by atoms with Gasteiger partial charge in [0, 0.05) is 4.47 Å². The first-order valence-corrected chi connectivity index (χ1v) is 5.36. The van der Waals surface area contributed by atoms with Crippen LogP contribution in [0.1, 0.15) is 5.56 Å². The van der Waals surface area contributed by atoms with Gasteiger partial charge in [0.2, 0.25) is 11.8 Å². The number of aryl methyl sites for hydroxylation is 1. The number of halogens is 2. The highest BCUT2D eigenvalue weighted by atomic mass is 79.9. The summed E-state index contributed by atoms with van der Waals surface area (Å²) in [6.07, 6.45) is 1.12. The van der Waals surface area contributed by atoms with Gasteiger partial charge in [0.1, 0.15) is 12.1 Å². The number of rotatable bonds is 2. The van der Waals surface area contributed by atoms with Crippen molar-refractivity contribution in [2.24, 2.45) is 0 Å². The van der Waals surface area contributed by atoms with E-state index in [4.69, 9.17) is 4.74 Å². The van der Waals surface area contributed by atoms with Gasteiger partial charge in [-0.1, -0.05) is 15.9 Å². The predicted molar refractivity (Wildman–Crippen MR) is 60.9 cm³/mol. The molecule has 0 saturated heterocycles. The standard InChI is InChI=1S/C11H8BrFN2O/c1-7-4-8(12)2-3-9(7)16-11-5-10(13)14-6-15-11/h2-6H,1H3. The molecule has 1 aromatic heterocycles. The van der Waals surface area contributed by atoms with Crippen molar-refractivity contribution in [3.8, 4) is 11.6 Å². The zero-order chi connectivity index (χ0) is 11.5. The third-order valence-corrected chi connectivity index (χ3v) is 2.45. The fraction of sp³-hybridized carbons (Fsp3) is 0.0909. The smallest absolute Gasteiger partial charge is 0.225 e. The number of ether oxygens (including phenoxy) is 1. The first-order chi connectivity index (χ1) is 7.65. The van der Waals surface area contributed by atoms with Gasteiger partial charge in [-0.05, 0) is 30.7 Å². The number of hydrogen-bond donors (Lipinski definition) is 0. The quantitative estimate of drug-likeness (QED) is 0.791. The Morgan fingerprint density at radius 1 is 1.25 bits per heavy atom. The minimum atomic E-state index is -0.611. The fourth-order valence-electron chi connectivity index (χ4n) is 1.21. The molecule has 0 amide bonds. The molecule has 2 rings (SSSR count). The van der Waals surface area contributed by atoms with Crippen LogP contribution in [0.2, 0.25) is 0 Å². The molecule has 0 aliphatic heterocycles. The van der Waals surface area contributed by atoms with Crippen molar-refractivity contribution >= 4 is 15.9 Å². The Morgan fingerprint density at radius 3 is 2.75 bits per heavy atom. The lowest BCUT2D eigenvalue weighted by atomic mass is 10.2. The van der Waals surface area contributed by atoms with Crippen molar-refractivity contribution in [1.29, 1.82) is 0 Å². The van der Waals surface area contributed by atoms with Crippen LogP contribution in [0, 0.1) is 12.9 Å². The molecule has 1 aromatic carbocycles. The molecule has 0 N–H and O–H groups in total. The lowest BCUT2D eigenvalue weighted by molar-refractivity contribution is 0.447. The van der Waals surface area contributed by atoms with Gasteiger partial charge in [0.05, 0.1) is 6.07 Å². The van der Waals surface area contributed by atoms with Crippen LogP contribution >= 0.6 is 15.9 Å². The molecule has 0 bridgehead atoms. The van der Waals surface area contributed by atoms with E-state index in [9.17, 15) is 4.39 Å². The maximum atomic E-state index is 12.8. The summed E-state index contributed by atoms with van der Waals surface area (Å²) in [6.45, 7) is 1.90. The highest BCUT2D eigenvalue weighted by Gasteiger charge is 2.04. The van der Waals surface area contributed by atoms with Crippen molar-refractivity contribution in [3.63, 3.8) is 0 Å². The number of aromatic nitrogens is 2. The maximum Gasteiger partial charge on any atom is 0.225 e. The van der Waals surface area contributed by atoms with Crippen LogP contribution in [0.3, 0.4) is 0 Å². The van der Waals surface area contributed by atoms with E-state index in [0.717, 1.165) is 22.4 Å². The minimum Gasteiger partial charge on any atom is -0.439 e. The van der Waals surface area contributed by atoms with E-state index in [2.05, 4.69) is 25.9 Å². The molecule has 0 spiro atoms. The second-order valence-electron chi connectivity index (χ2n) is 3.19. The number of nitrogens with zero attached hydrogens (tertiary/aromatic N) is 2. The van der Waals surface area contributed by atoms with Gasteiger partial charge in [0.15, 0.2) is 0 Å². The Kier molecular flexibility index (Phi) is 3.14. The van der Waals surface area contributed by atoms with Crippen molar-refractivity contribution in [3.05, 3.63) is 46.6 Å². The van der Waals surface area contributed by atoms with E-state index in [1.807, 2.05) is 19.1 Å². The molecule has 0 aliphatic rings. The van der Waals surface area contributed by atoms with Crippen LogP contribution in [-0.2, 0) is 0 Å². The largest absolute Gasteiger partial charge is 0.439 e. The fourth-order valence-corrected chi connectivity index (χ4v) is 1.69. The molecule has 16 heavy (non-hydrogen) atoms. The summed E-state index contributed by atoms with van der Waals surface area (Å²) in [4.78, 5) is 7.17. The van der Waals surface area contributed by atoms with Crippen molar-refractivity contribution in [2.45, 2.75) is 6.92 Å². The first-order valence-electron chi connectivity index (χ1n) is 4.57. The van der Waals surface area contributed by atoms with Gasteiger partial charge in [-0.15, -0.1) is 0 Å². The van der Waals surface area contributed by atoms with Gasteiger partial charge in [-0.2, -0.15) is 4.39 Å². The Morgan fingerprint density at radius 2 is 2.06 bits per heavy atom. The van der Waals surface area contributed by atoms with E-state index >= 15 is 0 Å². The minimum absolute atomic E-state index is 0.193. The third kappa shape index (κ3) is 2.55. The van der Waals surface area contributed by atoms with Crippen LogP contribution < -0.4 is 4.74 Å². The zero-order valence-electron chi connectivity index (χ0n) is 8.45. The summed E-state index contributed by atoms with van der Waals surface area (Å²) in [5.74, 6) is 0.221. The van der Waals surface area contributed by atoms with Gasteiger partial charge >= 0.3 is 0 Å². The summed E-state index contributed by atoms with van der Waals surface area (Å²) in [5.41, 5.74) is 0.938. The molecule has 0 unspecified atom stereocenters. The molecule has 2 aromatic rings. The summed E-state index contributed by atoms with van der Waals surface area (Å²) in [6, 6.07) is 6.69. The summed E-state index contributed by atoms with van der Waals surface area (Å²) in [7, 11) is 0. The van der Waals surface area contributed by atoms with E-state index in [-0.39, 0.29) is 5.88 Å². The number of hydrogen-bond acceptors (Lipinski definition) is 3. The average molecular weight is 283 g/mol. The molecular weight excluding hydrogens is 275 g/mol. The van der Waals surface area contributed by atoms with E-state index in [1.54, 1.807) is 6.07 Å². The SMILES string of the molecule is Cc1cc(Br)ccc1Oc1cc(F)ncn1. The van der Waals surface area contributed by atoms with Crippen LogP contribution in [0.4, 0.5) is 4.39 Å². The molecule has 0 radical (unpaired) electrons. The Balaban J connectivity index is 2.27. The molecule has 3 nitrogen and oxygen atoms in total. The van der Waals surface area contributed by atoms with Crippen LogP contribution in [0.15, 0.2) is 35.1 Å². The predicted octanol–water partition coefficient (Wildman–Crippen LogP) is 3.48. The topological polar surface area (TPSA) is 35.0 Å². The lowest BCUT2D eigenvalue weighted by Gasteiger charge is -2.07.